The first-order valence-corrected chi connectivity index (χ1v) is 9.44. The van der Waals surface area contributed by atoms with Crippen molar-refractivity contribution in [3.63, 3.8) is 0 Å². The van der Waals surface area contributed by atoms with Gasteiger partial charge in [0.15, 0.2) is 28.7 Å². The van der Waals surface area contributed by atoms with E-state index >= 15 is 0 Å². The highest BCUT2D eigenvalue weighted by Crippen LogP contribution is 2.39. The molecule has 0 aliphatic heterocycles. The molecule has 0 aromatic heterocycles. The predicted octanol–water partition coefficient (Wildman–Crippen LogP) is 3.56. The fraction of sp³-hybridized carbons (Fsp3) is 0.333. The Morgan fingerprint density at radius 1 is 0.733 bits per heavy atom. The van der Waals surface area contributed by atoms with Crippen molar-refractivity contribution in [3.05, 3.63) is 35.4 Å². The molecule has 9 heteroatoms. The Morgan fingerprint density at radius 2 is 1.27 bits per heavy atom. The van der Waals surface area contributed by atoms with E-state index in [1.54, 1.807) is 0 Å². The standard InChI is InChI=1S/C21H24O9/c1-2-3-4-5-6-7-29-20(27)13-10-16(24)19(26)17(11-13)30-21(28)12-8-14(22)18(25)15(23)9-12/h8-11,22-26H,2-7H2,1H3. The summed E-state index contributed by atoms with van der Waals surface area (Å²) in [6.07, 6.45) is 4.83. The average Bonchev–Trinajstić information content (AvgIpc) is 2.71. The van der Waals surface area contributed by atoms with Crippen LogP contribution in [0, 0.1) is 0 Å². The molecule has 0 saturated carbocycles. The van der Waals surface area contributed by atoms with Gasteiger partial charge in [0.05, 0.1) is 17.7 Å². The van der Waals surface area contributed by atoms with Gasteiger partial charge in [0.2, 0.25) is 5.75 Å². The Morgan fingerprint density at radius 3 is 1.87 bits per heavy atom. The van der Waals surface area contributed by atoms with Crippen molar-refractivity contribution in [1.29, 1.82) is 0 Å². The third-order valence-corrected chi connectivity index (χ3v) is 4.28. The minimum atomic E-state index is -1.13. The molecule has 2 rings (SSSR count). The average molecular weight is 420 g/mol. The van der Waals surface area contributed by atoms with Gasteiger partial charge in [-0.15, -0.1) is 0 Å². The van der Waals surface area contributed by atoms with Crippen molar-refractivity contribution >= 4 is 11.9 Å². The molecular weight excluding hydrogens is 396 g/mol. The lowest BCUT2D eigenvalue weighted by atomic mass is 10.1. The zero-order chi connectivity index (χ0) is 22.3. The van der Waals surface area contributed by atoms with Gasteiger partial charge in [-0.25, -0.2) is 9.59 Å². The highest BCUT2D eigenvalue weighted by Gasteiger charge is 2.21. The van der Waals surface area contributed by atoms with E-state index < -0.39 is 46.4 Å². The highest BCUT2D eigenvalue weighted by atomic mass is 16.5. The molecule has 0 unspecified atom stereocenters. The molecule has 0 atom stereocenters. The van der Waals surface area contributed by atoms with Gasteiger partial charge in [-0.1, -0.05) is 32.6 Å². The molecule has 0 aliphatic rings. The summed E-state index contributed by atoms with van der Waals surface area (Å²) in [6.45, 7) is 2.28. The first kappa shape index (κ1) is 22.7. The van der Waals surface area contributed by atoms with E-state index in [4.69, 9.17) is 9.47 Å². The zero-order valence-corrected chi connectivity index (χ0v) is 16.4. The van der Waals surface area contributed by atoms with Crippen LogP contribution in [-0.4, -0.2) is 44.1 Å². The first-order chi connectivity index (χ1) is 14.2. The summed E-state index contributed by atoms with van der Waals surface area (Å²) in [7, 11) is 0. The molecule has 2 aromatic rings. The van der Waals surface area contributed by atoms with Gasteiger partial charge in [-0.3, -0.25) is 0 Å². The van der Waals surface area contributed by atoms with Gasteiger partial charge in [0.25, 0.3) is 0 Å². The number of benzene rings is 2. The van der Waals surface area contributed by atoms with Crippen molar-refractivity contribution in [3.8, 4) is 34.5 Å². The van der Waals surface area contributed by atoms with Crippen molar-refractivity contribution in [2.24, 2.45) is 0 Å². The lowest BCUT2D eigenvalue weighted by molar-refractivity contribution is 0.0495. The molecule has 0 radical (unpaired) electrons. The summed E-state index contributed by atoms with van der Waals surface area (Å²) in [4.78, 5) is 24.4. The Bertz CT molecular complexity index is 898. The summed E-state index contributed by atoms with van der Waals surface area (Å²) in [5.74, 6) is -6.24. The normalized spacial score (nSPS) is 10.6. The van der Waals surface area contributed by atoms with Crippen LogP contribution in [0.2, 0.25) is 0 Å². The Hall–Kier alpha value is -3.62. The zero-order valence-electron chi connectivity index (χ0n) is 16.4. The fourth-order valence-electron chi connectivity index (χ4n) is 2.62. The van der Waals surface area contributed by atoms with Crippen LogP contribution in [0.25, 0.3) is 0 Å². The van der Waals surface area contributed by atoms with Gasteiger partial charge >= 0.3 is 11.9 Å². The number of ether oxygens (including phenoxy) is 2. The molecule has 0 heterocycles. The number of hydrogen-bond donors (Lipinski definition) is 5. The van der Waals surface area contributed by atoms with Gasteiger partial charge in [-0.05, 0) is 30.7 Å². The van der Waals surface area contributed by atoms with Crippen molar-refractivity contribution in [2.45, 2.75) is 39.0 Å². The fourth-order valence-corrected chi connectivity index (χ4v) is 2.62. The number of carbonyl (C=O) groups excluding carboxylic acids is 2. The molecule has 0 bridgehead atoms. The van der Waals surface area contributed by atoms with Crippen molar-refractivity contribution < 1.29 is 44.6 Å². The van der Waals surface area contributed by atoms with E-state index in [2.05, 4.69) is 6.92 Å². The SMILES string of the molecule is CCCCCCCOC(=O)c1cc(O)c(O)c(OC(=O)c2cc(O)c(O)c(O)c2)c1. The van der Waals surface area contributed by atoms with E-state index in [1.807, 2.05) is 0 Å². The maximum absolute atomic E-state index is 12.2. The number of esters is 2. The van der Waals surface area contributed by atoms with Crippen LogP contribution in [-0.2, 0) is 4.74 Å². The molecular formula is C21H24O9. The van der Waals surface area contributed by atoms with Crippen LogP contribution in [0.15, 0.2) is 24.3 Å². The smallest absolute Gasteiger partial charge is 0.343 e. The molecule has 30 heavy (non-hydrogen) atoms. The molecule has 162 valence electrons. The third kappa shape index (κ3) is 5.69. The van der Waals surface area contributed by atoms with Gasteiger partial charge in [-0.2, -0.15) is 0 Å². The summed E-state index contributed by atoms with van der Waals surface area (Å²) < 4.78 is 10.1. The van der Waals surface area contributed by atoms with Crippen LogP contribution in [0.1, 0.15) is 59.7 Å². The molecule has 0 aliphatic carbocycles. The van der Waals surface area contributed by atoms with E-state index in [-0.39, 0.29) is 17.7 Å². The van der Waals surface area contributed by atoms with Crippen LogP contribution >= 0.6 is 0 Å². The Balaban J connectivity index is 2.11. The Kier molecular flexibility index (Phi) is 7.74. The van der Waals surface area contributed by atoms with Gasteiger partial charge in [0, 0.05) is 0 Å². The van der Waals surface area contributed by atoms with Crippen molar-refractivity contribution in [2.75, 3.05) is 6.61 Å². The number of hydrogen-bond acceptors (Lipinski definition) is 9. The maximum atomic E-state index is 12.2. The van der Waals surface area contributed by atoms with Gasteiger partial charge in [0.1, 0.15) is 0 Å². The second-order valence-corrected chi connectivity index (χ2v) is 6.64. The largest absolute Gasteiger partial charge is 0.504 e. The summed E-state index contributed by atoms with van der Waals surface area (Å²) in [5.41, 5.74) is -0.486. The molecule has 2 aromatic carbocycles. The number of phenolic OH excluding ortho intramolecular Hbond substituents is 5. The number of carbonyl (C=O) groups is 2. The third-order valence-electron chi connectivity index (χ3n) is 4.28. The van der Waals surface area contributed by atoms with E-state index in [0.29, 0.717) is 6.42 Å². The molecule has 0 spiro atoms. The molecule has 0 fully saturated rings. The van der Waals surface area contributed by atoms with E-state index in [0.717, 1.165) is 49.9 Å². The highest BCUT2D eigenvalue weighted by molar-refractivity contribution is 5.94. The number of unbranched alkanes of at least 4 members (excludes halogenated alkanes) is 4. The minimum absolute atomic E-state index is 0.141. The minimum Gasteiger partial charge on any atom is -0.504 e. The van der Waals surface area contributed by atoms with Crippen LogP contribution < -0.4 is 4.74 Å². The van der Waals surface area contributed by atoms with E-state index in [1.165, 1.54) is 0 Å². The molecule has 0 amide bonds. The van der Waals surface area contributed by atoms with Crippen LogP contribution in [0.5, 0.6) is 34.5 Å². The molecule has 9 nitrogen and oxygen atoms in total. The van der Waals surface area contributed by atoms with Gasteiger partial charge < -0.3 is 35.0 Å². The second-order valence-electron chi connectivity index (χ2n) is 6.64. The topological polar surface area (TPSA) is 154 Å². The lowest BCUT2D eigenvalue weighted by Crippen LogP contribution is -2.10. The second kappa shape index (κ2) is 10.2. The molecule has 5 N–H and O–H groups in total. The lowest BCUT2D eigenvalue weighted by Gasteiger charge is -2.11. The number of rotatable bonds is 9. The quantitative estimate of drug-likeness (QED) is 0.177. The van der Waals surface area contributed by atoms with Crippen LogP contribution in [0.4, 0.5) is 0 Å². The van der Waals surface area contributed by atoms with Crippen molar-refractivity contribution in [1.82, 2.24) is 0 Å². The summed E-state index contributed by atoms with van der Waals surface area (Å²) >= 11 is 0. The predicted molar refractivity (Wildman–Crippen MR) is 105 cm³/mol. The van der Waals surface area contributed by atoms with Crippen LogP contribution in [0.3, 0.4) is 0 Å². The first-order valence-electron chi connectivity index (χ1n) is 9.44. The van der Waals surface area contributed by atoms with E-state index in [9.17, 15) is 35.1 Å². The maximum Gasteiger partial charge on any atom is 0.343 e. The number of phenols is 5. The summed E-state index contributed by atoms with van der Waals surface area (Å²) in [5, 5.41) is 48.1. The Labute approximate surface area is 172 Å². The monoisotopic (exact) mass is 420 g/mol. The number of aromatic hydroxyl groups is 5. The summed E-state index contributed by atoms with van der Waals surface area (Å²) in [6, 6.07) is 3.67. The molecule has 0 saturated heterocycles.